The molecule has 2 unspecified atom stereocenters. The fourth-order valence-electron chi connectivity index (χ4n) is 13.4. The molecule has 0 saturated carbocycles. The van der Waals surface area contributed by atoms with Crippen molar-refractivity contribution < 1.29 is 15.0 Å². The molecule has 2 atom stereocenters. The zero-order chi connectivity index (χ0) is 61.2. The van der Waals surface area contributed by atoms with Gasteiger partial charge in [-0.15, -0.1) is 0 Å². The monoisotopic (exact) mass is 1200 g/mol. The molecule has 0 aromatic heterocycles. The van der Waals surface area contributed by atoms with E-state index in [1.54, 1.807) is 6.08 Å². The molecule has 0 heterocycles. The molecule has 0 aromatic rings. The van der Waals surface area contributed by atoms with Crippen LogP contribution in [0.4, 0.5) is 0 Å². The summed E-state index contributed by atoms with van der Waals surface area (Å²) in [5, 5.41) is 23.4. The molecule has 85 heavy (non-hydrogen) atoms. The van der Waals surface area contributed by atoms with Crippen LogP contribution < -0.4 is 5.32 Å². The molecule has 0 spiro atoms. The molecule has 0 aromatic carbocycles. The Morgan fingerprint density at radius 2 is 0.435 bits per heavy atom. The smallest absolute Gasteiger partial charge is 0.220 e. The molecule has 3 N–H and O–H groups in total. The maximum absolute atomic E-state index is 12.6. The molecule has 0 aliphatic rings. The summed E-state index contributed by atoms with van der Waals surface area (Å²) >= 11 is 0. The van der Waals surface area contributed by atoms with Gasteiger partial charge in [0.2, 0.25) is 5.91 Å². The lowest BCUT2D eigenvalue weighted by Crippen LogP contribution is -2.45. The molecule has 4 nitrogen and oxygen atoms in total. The summed E-state index contributed by atoms with van der Waals surface area (Å²) in [7, 11) is 0. The Morgan fingerprint density at radius 3 is 0.612 bits per heavy atom. The van der Waals surface area contributed by atoms with Crippen molar-refractivity contribution in [3.05, 3.63) is 12.2 Å². The van der Waals surface area contributed by atoms with Gasteiger partial charge in [-0.1, -0.05) is 469 Å². The van der Waals surface area contributed by atoms with Gasteiger partial charge < -0.3 is 15.5 Å². The van der Waals surface area contributed by atoms with E-state index in [2.05, 4.69) is 19.2 Å². The molecule has 4 heteroatoms. The number of carbonyl (C=O) groups is 1. The molecule has 0 rings (SSSR count). The van der Waals surface area contributed by atoms with Crippen LogP contribution in [0.15, 0.2) is 12.2 Å². The number of aliphatic hydroxyl groups is 2. The standard InChI is InChI=1S/C81H161NO3/c1-3-5-7-9-11-13-15-17-19-21-23-25-27-29-31-33-35-37-38-39-40-41-42-43-44-45-47-49-51-53-55-57-59-61-63-65-67-69-71-73-75-77-81(85)82-79(78-83)80(84)76-74-72-70-68-66-64-62-60-58-56-54-52-50-48-46-36-34-32-30-28-26-24-22-20-18-16-14-12-10-8-6-4-2/h74,76,79-80,83-84H,3-73,75,77-78H2,1-2H3,(H,82,85)/b76-74+. The first-order valence-corrected chi connectivity index (χ1v) is 40.4. The Kier molecular flexibility index (Phi) is 76.6. The predicted octanol–water partition coefficient (Wildman–Crippen LogP) is 27.9. The second kappa shape index (κ2) is 77.4. The summed E-state index contributed by atoms with van der Waals surface area (Å²) < 4.78 is 0. The average molecular weight is 1200 g/mol. The van der Waals surface area contributed by atoms with Gasteiger partial charge >= 0.3 is 0 Å². The van der Waals surface area contributed by atoms with Crippen LogP contribution in [-0.2, 0) is 4.79 Å². The number of carbonyl (C=O) groups excluding carboxylic acids is 1. The van der Waals surface area contributed by atoms with E-state index in [-0.39, 0.29) is 12.5 Å². The molecule has 0 aliphatic carbocycles. The number of nitrogens with one attached hydrogen (secondary N) is 1. The van der Waals surface area contributed by atoms with Crippen LogP contribution in [0, 0.1) is 0 Å². The number of unbranched alkanes of at least 4 members (excludes halogenated alkanes) is 70. The number of amides is 1. The molecule has 0 bridgehead atoms. The first-order valence-electron chi connectivity index (χ1n) is 40.4. The fourth-order valence-corrected chi connectivity index (χ4v) is 13.4. The Hall–Kier alpha value is -0.870. The maximum atomic E-state index is 12.6. The van der Waals surface area contributed by atoms with Crippen LogP contribution in [0.3, 0.4) is 0 Å². The zero-order valence-electron chi connectivity index (χ0n) is 58.9. The molecule has 0 fully saturated rings. The van der Waals surface area contributed by atoms with E-state index in [1.807, 2.05) is 6.08 Å². The lowest BCUT2D eigenvalue weighted by molar-refractivity contribution is -0.123. The van der Waals surface area contributed by atoms with E-state index in [9.17, 15) is 15.0 Å². The molecule has 0 saturated heterocycles. The topological polar surface area (TPSA) is 69.6 Å². The SMILES string of the molecule is CCCCCCCCCCCCCCCCCCCCCCCCCCCCCCCC/C=C/C(O)C(CO)NC(=O)CCCCCCCCCCCCCCCCCCCCCCCCCCCCCCCCCCCCCCCCCCC. The summed E-state index contributed by atoms with van der Waals surface area (Å²) in [6.45, 7) is 4.38. The van der Waals surface area contributed by atoms with Crippen molar-refractivity contribution >= 4 is 5.91 Å². The highest BCUT2D eigenvalue weighted by Gasteiger charge is 2.18. The van der Waals surface area contributed by atoms with Crippen LogP contribution in [0.2, 0.25) is 0 Å². The summed E-state index contributed by atoms with van der Waals surface area (Å²) in [5.41, 5.74) is 0. The van der Waals surface area contributed by atoms with Gasteiger partial charge in [0.15, 0.2) is 0 Å². The van der Waals surface area contributed by atoms with Crippen LogP contribution in [-0.4, -0.2) is 34.9 Å². The summed E-state index contributed by atoms with van der Waals surface area (Å²) in [6.07, 6.45) is 105. The second-order valence-electron chi connectivity index (χ2n) is 28.2. The minimum absolute atomic E-state index is 0.0516. The van der Waals surface area contributed by atoms with Gasteiger partial charge in [0.05, 0.1) is 18.8 Å². The third-order valence-corrected chi connectivity index (χ3v) is 19.5. The van der Waals surface area contributed by atoms with Crippen molar-refractivity contribution in [2.75, 3.05) is 6.61 Å². The third-order valence-electron chi connectivity index (χ3n) is 19.5. The predicted molar refractivity (Wildman–Crippen MR) is 383 cm³/mol. The third kappa shape index (κ3) is 73.8. The number of aliphatic hydroxyl groups excluding tert-OH is 2. The Labute approximate surface area is 537 Å². The van der Waals surface area contributed by atoms with Crippen molar-refractivity contribution in [3.63, 3.8) is 0 Å². The van der Waals surface area contributed by atoms with Crippen LogP contribution in [0.1, 0.15) is 483 Å². The van der Waals surface area contributed by atoms with E-state index in [0.717, 1.165) is 25.7 Å². The van der Waals surface area contributed by atoms with E-state index >= 15 is 0 Å². The largest absolute Gasteiger partial charge is 0.394 e. The average Bonchev–Trinajstić information content (AvgIpc) is 3.52. The lowest BCUT2D eigenvalue weighted by Gasteiger charge is -2.20. The summed E-state index contributed by atoms with van der Waals surface area (Å²) in [5.74, 6) is -0.0516. The molecule has 0 radical (unpaired) electrons. The van der Waals surface area contributed by atoms with Gasteiger partial charge in [0.25, 0.3) is 0 Å². The molecule has 0 aliphatic heterocycles. The number of hydrogen-bond acceptors (Lipinski definition) is 3. The molecule has 508 valence electrons. The van der Waals surface area contributed by atoms with Gasteiger partial charge in [0.1, 0.15) is 0 Å². The number of hydrogen-bond donors (Lipinski definition) is 3. The normalized spacial score (nSPS) is 12.6. The second-order valence-corrected chi connectivity index (χ2v) is 28.2. The highest BCUT2D eigenvalue weighted by atomic mass is 16.3. The van der Waals surface area contributed by atoms with Gasteiger partial charge in [-0.05, 0) is 19.3 Å². The minimum Gasteiger partial charge on any atom is -0.394 e. The van der Waals surface area contributed by atoms with Crippen molar-refractivity contribution in [2.45, 2.75) is 495 Å². The molecule has 1 amide bonds. The first-order chi connectivity index (χ1) is 42.2. The molecular formula is C81H161NO3. The van der Waals surface area contributed by atoms with Crippen LogP contribution in [0.5, 0.6) is 0 Å². The van der Waals surface area contributed by atoms with E-state index < -0.39 is 12.1 Å². The lowest BCUT2D eigenvalue weighted by atomic mass is 10.0. The maximum Gasteiger partial charge on any atom is 0.220 e. The minimum atomic E-state index is -0.838. The van der Waals surface area contributed by atoms with Gasteiger partial charge in [-0.2, -0.15) is 0 Å². The number of allylic oxidation sites excluding steroid dienone is 1. The fraction of sp³-hybridized carbons (Fsp3) is 0.963. The highest BCUT2D eigenvalue weighted by Crippen LogP contribution is 2.21. The van der Waals surface area contributed by atoms with E-state index in [4.69, 9.17) is 0 Å². The first kappa shape index (κ1) is 84.1. The number of rotatable bonds is 77. The van der Waals surface area contributed by atoms with Crippen molar-refractivity contribution in [2.24, 2.45) is 0 Å². The highest BCUT2D eigenvalue weighted by molar-refractivity contribution is 5.76. The summed E-state index contributed by atoms with van der Waals surface area (Å²) in [6, 6.07) is -0.621. The van der Waals surface area contributed by atoms with Crippen molar-refractivity contribution in [1.29, 1.82) is 0 Å². The van der Waals surface area contributed by atoms with Gasteiger partial charge in [0, 0.05) is 6.42 Å². The Balaban J connectivity index is 3.35. The van der Waals surface area contributed by atoms with Gasteiger partial charge in [-0.3, -0.25) is 4.79 Å². The Bertz CT molecular complexity index is 1220. The van der Waals surface area contributed by atoms with E-state index in [0.29, 0.717) is 6.42 Å². The van der Waals surface area contributed by atoms with Gasteiger partial charge in [-0.25, -0.2) is 0 Å². The quantitative estimate of drug-likeness (QED) is 0.0420. The van der Waals surface area contributed by atoms with E-state index in [1.165, 1.54) is 437 Å². The zero-order valence-corrected chi connectivity index (χ0v) is 58.9. The Morgan fingerprint density at radius 1 is 0.271 bits per heavy atom. The van der Waals surface area contributed by atoms with Crippen LogP contribution >= 0.6 is 0 Å². The van der Waals surface area contributed by atoms with Crippen molar-refractivity contribution in [1.82, 2.24) is 5.32 Å². The molecular weight excluding hydrogens is 1030 g/mol. The van der Waals surface area contributed by atoms with Crippen LogP contribution in [0.25, 0.3) is 0 Å². The van der Waals surface area contributed by atoms with Crippen molar-refractivity contribution in [3.8, 4) is 0 Å². The summed E-state index contributed by atoms with van der Waals surface area (Å²) in [4.78, 5) is 12.6.